The molecule has 4 nitrogen and oxygen atoms in total. The summed E-state index contributed by atoms with van der Waals surface area (Å²) in [6, 6.07) is 7.44. The molecule has 0 aliphatic carbocycles. The Balaban J connectivity index is 2.43. The zero-order valence-corrected chi connectivity index (χ0v) is 16.0. The first-order valence-corrected chi connectivity index (χ1v) is 9.27. The molecule has 1 aromatic carbocycles. The number of anilines is 2. The third kappa shape index (κ3) is 5.58. The molecule has 0 fully saturated rings. The highest BCUT2D eigenvalue weighted by molar-refractivity contribution is 5.66. The summed E-state index contributed by atoms with van der Waals surface area (Å²) in [6.07, 6.45) is 0.917. The average Bonchev–Trinajstić information content (AvgIpc) is 2.65. The Morgan fingerprint density at radius 1 is 1.07 bits per heavy atom. The van der Waals surface area contributed by atoms with Gasteiger partial charge in [-0.1, -0.05) is 44.9 Å². The monoisotopic (exact) mass is 381 g/mol. The quantitative estimate of drug-likeness (QED) is 0.516. The molecule has 7 heteroatoms. The van der Waals surface area contributed by atoms with Gasteiger partial charge in [-0.05, 0) is 30.9 Å². The number of hydrogen-bond donors (Lipinski definition) is 0. The predicted octanol–water partition coefficient (Wildman–Crippen LogP) is 5.78. The van der Waals surface area contributed by atoms with E-state index in [-0.39, 0.29) is 11.8 Å². The summed E-state index contributed by atoms with van der Waals surface area (Å²) in [7, 11) is 1.60. The topological polar surface area (TPSA) is 38.2 Å². The number of aromatic nitrogens is 2. The van der Waals surface area contributed by atoms with Crippen LogP contribution in [-0.2, 0) is 12.6 Å². The van der Waals surface area contributed by atoms with Crippen LogP contribution < -0.4 is 9.64 Å². The lowest BCUT2D eigenvalue weighted by Crippen LogP contribution is -2.20. The van der Waals surface area contributed by atoms with E-state index in [1.165, 1.54) is 4.90 Å². The number of benzene rings is 1. The van der Waals surface area contributed by atoms with Gasteiger partial charge in [-0.25, -0.2) is 4.98 Å². The van der Waals surface area contributed by atoms with E-state index in [0.29, 0.717) is 12.3 Å². The summed E-state index contributed by atoms with van der Waals surface area (Å²) in [4.78, 5) is 9.26. The number of rotatable bonds is 9. The Kier molecular flexibility index (Phi) is 7.45. The fourth-order valence-corrected chi connectivity index (χ4v) is 2.80. The van der Waals surface area contributed by atoms with Crippen LogP contribution in [-0.4, -0.2) is 23.6 Å². The first-order valence-electron chi connectivity index (χ1n) is 9.27. The Labute approximate surface area is 158 Å². The van der Waals surface area contributed by atoms with Crippen LogP contribution in [0.5, 0.6) is 6.01 Å². The van der Waals surface area contributed by atoms with Crippen LogP contribution in [0.15, 0.2) is 30.5 Å². The van der Waals surface area contributed by atoms with Crippen LogP contribution in [0, 0.1) is 0 Å². The maximum Gasteiger partial charge on any atom is 0.421 e. The van der Waals surface area contributed by atoms with Gasteiger partial charge in [-0.15, -0.1) is 0 Å². The van der Waals surface area contributed by atoms with Crippen LogP contribution in [0.3, 0.4) is 0 Å². The molecular weight excluding hydrogens is 355 g/mol. The van der Waals surface area contributed by atoms with Crippen LogP contribution in [0.2, 0.25) is 0 Å². The first-order chi connectivity index (χ1) is 12.9. The highest BCUT2D eigenvalue weighted by atomic mass is 19.4. The molecule has 0 aliphatic heterocycles. The third-order valence-electron chi connectivity index (χ3n) is 4.21. The van der Waals surface area contributed by atoms with Crippen molar-refractivity contribution in [2.75, 3.05) is 18.6 Å². The standard InChI is InChI=1S/C20H26F3N3O/c1-4-6-7-10-15-11-8-9-12-17(15)26(3)18-16(20(21,22)23)14-24-19(25-18)27-13-5-2/h8-9,11-12,14H,4-7,10,13H2,1-3H3. The SMILES string of the molecule is CCCCCc1ccccc1N(C)c1nc(OCCC)ncc1C(F)(F)F. The van der Waals surface area contributed by atoms with Gasteiger partial charge < -0.3 is 9.64 Å². The number of alkyl halides is 3. The van der Waals surface area contributed by atoms with Crippen molar-refractivity contribution in [3.05, 3.63) is 41.6 Å². The van der Waals surface area contributed by atoms with Crippen LogP contribution in [0.1, 0.15) is 50.7 Å². The normalized spacial score (nSPS) is 11.5. The van der Waals surface area contributed by atoms with Gasteiger partial charge in [0.1, 0.15) is 5.56 Å². The Morgan fingerprint density at radius 3 is 2.48 bits per heavy atom. The van der Waals surface area contributed by atoms with Crippen molar-refractivity contribution in [3.8, 4) is 6.01 Å². The molecule has 0 bridgehead atoms. The summed E-state index contributed by atoms with van der Waals surface area (Å²) >= 11 is 0. The van der Waals surface area contributed by atoms with E-state index < -0.39 is 11.7 Å². The number of halogens is 3. The molecular formula is C20H26F3N3O. The molecule has 0 saturated heterocycles. The van der Waals surface area contributed by atoms with Gasteiger partial charge in [0.05, 0.1) is 6.61 Å². The summed E-state index contributed by atoms with van der Waals surface area (Å²) < 4.78 is 45.9. The molecule has 0 N–H and O–H groups in total. The van der Waals surface area contributed by atoms with E-state index in [2.05, 4.69) is 16.9 Å². The minimum atomic E-state index is -4.55. The van der Waals surface area contributed by atoms with Gasteiger partial charge in [0, 0.05) is 18.9 Å². The zero-order chi connectivity index (χ0) is 19.9. The lowest BCUT2D eigenvalue weighted by molar-refractivity contribution is -0.137. The minimum absolute atomic E-state index is 0.0461. The zero-order valence-electron chi connectivity index (χ0n) is 16.0. The van der Waals surface area contributed by atoms with E-state index in [4.69, 9.17) is 4.74 Å². The second-order valence-corrected chi connectivity index (χ2v) is 6.38. The highest BCUT2D eigenvalue weighted by Gasteiger charge is 2.37. The van der Waals surface area contributed by atoms with Gasteiger partial charge in [0.25, 0.3) is 0 Å². The molecule has 1 heterocycles. The summed E-state index contributed by atoms with van der Waals surface area (Å²) in [5, 5.41) is 0. The lowest BCUT2D eigenvalue weighted by atomic mass is 10.0. The predicted molar refractivity (Wildman–Crippen MR) is 101 cm³/mol. The third-order valence-corrected chi connectivity index (χ3v) is 4.21. The number of hydrogen-bond acceptors (Lipinski definition) is 4. The van der Waals surface area contributed by atoms with Crippen LogP contribution >= 0.6 is 0 Å². The van der Waals surface area contributed by atoms with Crippen molar-refractivity contribution >= 4 is 11.5 Å². The van der Waals surface area contributed by atoms with Crippen molar-refractivity contribution < 1.29 is 17.9 Å². The number of aryl methyl sites for hydroxylation is 1. The fourth-order valence-electron chi connectivity index (χ4n) is 2.80. The summed E-state index contributed by atoms with van der Waals surface area (Å²) in [5.74, 6) is -0.202. The van der Waals surface area contributed by atoms with Crippen molar-refractivity contribution in [1.29, 1.82) is 0 Å². The smallest absolute Gasteiger partial charge is 0.421 e. The number of unbranched alkanes of at least 4 members (excludes halogenated alkanes) is 2. The maximum atomic E-state index is 13.5. The molecule has 2 aromatic rings. The molecule has 0 spiro atoms. The van der Waals surface area contributed by atoms with Crippen molar-refractivity contribution in [3.63, 3.8) is 0 Å². The van der Waals surface area contributed by atoms with E-state index in [9.17, 15) is 13.2 Å². The molecule has 2 rings (SSSR count). The van der Waals surface area contributed by atoms with Gasteiger partial charge in [-0.3, -0.25) is 0 Å². The molecule has 0 radical (unpaired) electrons. The summed E-state index contributed by atoms with van der Waals surface area (Å²) in [6.45, 7) is 4.37. The molecule has 0 saturated carbocycles. The fraction of sp³-hybridized carbons (Fsp3) is 0.500. The lowest BCUT2D eigenvalue weighted by Gasteiger charge is -2.25. The molecule has 0 unspecified atom stereocenters. The Hall–Kier alpha value is -2.31. The van der Waals surface area contributed by atoms with Gasteiger partial charge in [-0.2, -0.15) is 18.2 Å². The van der Waals surface area contributed by atoms with Crippen molar-refractivity contribution in [2.45, 2.75) is 52.1 Å². The van der Waals surface area contributed by atoms with Crippen LogP contribution in [0.4, 0.5) is 24.7 Å². The molecule has 148 valence electrons. The van der Waals surface area contributed by atoms with Crippen molar-refractivity contribution in [2.24, 2.45) is 0 Å². The average molecular weight is 381 g/mol. The van der Waals surface area contributed by atoms with E-state index >= 15 is 0 Å². The highest BCUT2D eigenvalue weighted by Crippen LogP contribution is 2.38. The molecule has 0 atom stereocenters. The largest absolute Gasteiger partial charge is 0.463 e. The molecule has 1 aromatic heterocycles. The second-order valence-electron chi connectivity index (χ2n) is 6.38. The van der Waals surface area contributed by atoms with E-state index in [0.717, 1.165) is 43.9 Å². The molecule has 0 aliphatic rings. The first kappa shape index (κ1) is 21.0. The number of para-hydroxylation sites is 1. The van der Waals surface area contributed by atoms with E-state index in [1.54, 1.807) is 7.05 Å². The second kappa shape index (κ2) is 9.58. The minimum Gasteiger partial charge on any atom is -0.463 e. The maximum absolute atomic E-state index is 13.5. The Morgan fingerprint density at radius 2 is 1.81 bits per heavy atom. The van der Waals surface area contributed by atoms with Crippen LogP contribution in [0.25, 0.3) is 0 Å². The van der Waals surface area contributed by atoms with Gasteiger partial charge in [0.2, 0.25) is 0 Å². The van der Waals surface area contributed by atoms with Gasteiger partial charge >= 0.3 is 12.2 Å². The molecule has 27 heavy (non-hydrogen) atoms. The molecule has 0 amide bonds. The number of ether oxygens (including phenoxy) is 1. The summed E-state index contributed by atoms with van der Waals surface area (Å²) in [5.41, 5.74) is 0.827. The number of nitrogens with zero attached hydrogens (tertiary/aromatic N) is 3. The van der Waals surface area contributed by atoms with E-state index in [1.807, 2.05) is 31.2 Å². The van der Waals surface area contributed by atoms with Crippen molar-refractivity contribution in [1.82, 2.24) is 9.97 Å². The Bertz CT molecular complexity index is 735. The van der Waals surface area contributed by atoms with Gasteiger partial charge in [0.15, 0.2) is 5.82 Å².